The molecule has 1 heteroatoms. The molecule has 0 heterocycles. The Morgan fingerprint density at radius 3 is 2.62 bits per heavy atom. The lowest BCUT2D eigenvalue weighted by Gasteiger charge is -2.31. The molecule has 0 N–H and O–H groups in total. The number of ketones is 1. The van der Waals surface area contributed by atoms with Crippen molar-refractivity contribution in [2.24, 2.45) is 17.8 Å². The van der Waals surface area contributed by atoms with Gasteiger partial charge in [-0.2, -0.15) is 0 Å². The number of carbonyl (C=O) groups excluding carboxylic acids is 1. The Hall–Kier alpha value is -0.330. The van der Waals surface area contributed by atoms with E-state index in [1.54, 1.807) is 6.92 Å². The average Bonchev–Trinajstić information content (AvgIpc) is 2.04. The van der Waals surface area contributed by atoms with Crippen molar-refractivity contribution in [3.05, 3.63) is 0 Å². The normalized spacial score (nSPS) is 31.3. The standard InChI is InChI=1S/C12H22O/c1-4-12(10(3)13)11-7-5-6-9(2)8-11/h9,11-12H,4-8H2,1-3H3. The summed E-state index contributed by atoms with van der Waals surface area (Å²) in [7, 11) is 0. The zero-order chi connectivity index (χ0) is 9.84. The Morgan fingerprint density at radius 2 is 2.15 bits per heavy atom. The third-order valence-corrected chi connectivity index (χ3v) is 3.51. The van der Waals surface area contributed by atoms with Gasteiger partial charge in [-0.3, -0.25) is 4.79 Å². The Balaban J connectivity index is 2.52. The molecule has 1 aliphatic rings. The van der Waals surface area contributed by atoms with Gasteiger partial charge in [0.05, 0.1) is 0 Å². The average molecular weight is 182 g/mol. The molecule has 1 aliphatic carbocycles. The maximum absolute atomic E-state index is 11.4. The fraction of sp³-hybridized carbons (Fsp3) is 0.917. The van der Waals surface area contributed by atoms with E-state index in [1.807, 2.05) is 0 Å². The zero-order valence-electron chi connectivity index (χ0n) is 9.18. The first-order chi connectivity index (χ1) is 6.15. The van der Waals surface area contributed by atoms with Gasteiger partial charge in [0, 0.05) is 5.92 Å². The molecule has 1 nitrogen and oxygen atoms in total. The highest BCUT2D eigenvalue weighted by molar-refractivity contribution is 5.78. The minimum atomic E-state index is 0.350. The van der Waals surface area contributed by atoms with Crippen LogP contribution in [0.2, 0.25) is 0 Å². The maximum atomic E-state index is 11.4. The van der Waals surface area contributed by atoms with E-state index >= 15 is 0 Å². The van der Waals surface area contributed by atoms with Crippen LogP contribution in [0.5, 0.6) is 0 Å². The SMILES string of the molecule is CCC(C(C)=O)C1CCCC(C)C1. The van der Waals surface area contributed by atoms with Crippen molar-refractivity contribution < 1.29 is 4.79 Å². The summed E-state index contributed by atoms with van der Waals surface area (Å²) in [5.41, 5.74) is 0. The van der Waals surface area contributed by atoms with Crippen LogP contribution in [-0.4, -0.2) is 5.78 Å². The van der Waals surface area contributed by atoms with Crippen molar-refractivity contribution in [2.75, 3.05) is 0 Å². The lowest BCUT2D eigenvalue weighted by Crippen LogP contribution is -2.26. The van der Waals surface area contributed by atoms with Gasteiger partial charge < -0.3 is 0 Å². The van der Waals surface area contributed by atoms with Gasteiger partial charge in [-0.15, -0.1) is 0 Å². The first-order valence-corrected chi connectivity index (χ1v) is 5.65. The van der Waals surface area contributed by atoms with Crippen LogP contribution in [-0.2, 0) is 4.79 Å². The molecule has 1 rings (SSSR count). The summed E-state index contributed by atoms with van der Waals surface area (Å²) in [6.45, 7) is 6.22. The van der Waals surface area contributed by atoms with Gasteiger partial charge in [0.1, 0.15) is 5.78 Å². The largest absolute Gasteiger partial charge is 0.300 e. The second-order valence-corrected chi connectivity index (χ2v) is 4.66. The molecule has 0 spiro atoms. The monoisotopic (exact) mass is 182 g/mol. The molecule has 0 radical (unpaired) electrons. The van der Waals surface area contributed by atoms with Crippen molar-refractivity contribution in [3.63, 3.8) is 0 Å². The third kappa shape index (κ3) is 2.82. The van der Waals surface area contributed by atoms with E-state index in [9.17, 15) is 4.79 Å². The second kappa shape index (κ2) is 4.78. The van der Waals surface area contributed by atoms with Crippen molar-refractivity contribution in [3.8, 4) is 0 Å². The van der Waals surface area contributed by atoms with E-state index < -0.39 is 0 Å². The second-order valence-electron chi connectivity index (χ2n) is 4.66. The predicted molar refractivity (Wildman–Crippen MR) is 55.6 cm³/mol. The van der Waals surface area contributed by atoms with E-state index in [-0.39, 0.29) is 0 Å². The molecule has 1 fully saturated rings. The van der Waals surface area contributed by atoms with Crippen LogP contribution in [0, 0.1) is 17.8 Å². The van der Waals surface area contributed by atoms with E-state index in [0.29, 0.717) is 17.6 Å². The molecule has 0 bridgehead atoms. The fourth-order valence-electron chi connectivity index (χ4n) is 2.80. The highest BCUT2D eigenvalue weighted by atomic mass is 16.1. The minimum Gasteiger partial charge on any atom is -0.300 e. The third-order valence-electron chi connectivity index (χ3n) is 3.51. The topological polar surface area (TPSA) is 17.1 Å². The summed E-state index contributed by atoms with van der Waals surface area (Å²) in [6.07, 6.45) is 6.29. The molecule has 0 amide bonds. The number of hydrogen-bond donors (Lipinski definition) is 0. The number of carbonyl (C=O) groups is 1. The molecule has 3 atom stereocenters. The van der Waals surface area contributed by atoms with Gasteiger partial charge >= 0.3 is 0 Å². The summed E-state index contributed by atoms with van der Waals surface area (Å²) in [5.74, 6) is 2.28. The van der Waals surface area contributed by atoms with Gasteiger partial charge in [0.2, 0.25) is 0 Å². The lowest BCUT2D eigenvalue weighted by atomic mass is 9.73. The molecule has 0 aromatic carbocycles. The summed E-state index contributed by atoms with van der Waals surface area (Å²) in [5, 5.41) is 0. The Bertz CT molecular complexity index is 174. The van der Waals surface area contributed by atoms with Gasteiger partial charge in [0.15, 0.2) is 0 Å². The molecule has 0 aromatic rings. The van der Waals surface area contributed by atoms with Gasteiger partial charge in [-0.25, -0.2) is 0 Å². The van der Waals surface area contributed by atoms with Crippen molar-refractivity contribution in [2.45, 2.75) is 52.9 Å². The highest BCUT2D eigenvalue weighted by Gasteiger charge is 2.27. The van der Waals surface area contributed by atoms with Crippen LogP contribution in [0.1, 0.15) is 52.9 Å². The number of Topliss-reactive ketones (excluding diaryl/α,β-unsaturated/α-hetero) is 1. The summed E-state index contributed by atoms with van der Waals surface area (Å²) < 4.78 is 0. The molecule has 0 aromatic heterocycles. The quantitative estimate of drug-likeness (QED) is 0.653. The van der Waals surface area contributed by atoms with E-state index in [0.717, 1.165) is 12.3 Å². The molecule has 0 aliphatic heterocycles. The van der Waals surface area contributed by atoms with Crippen LogP contribution in [0.3, 0.4) is 0 Å². The maximum Gasteiger partial charge on any atom is 0.133 e. The molecule has 3 unspecified atom stereocenters. The molecule has 1 saturated carbocycles. The zero-order valence-corrected chi connectivity index (χ0v) is 9.18. The van der Waals surface area contributed by atoms with E-state index in [2.05, 4.69) is 13.8 Å². The lowest BCUT2D eigenvalue weighted by molar-refractivity contribution is -0.123. The van der Waals surface area contributed by atoms with Crippen molar-refractivity contribution in [1.29, 1.82) is 0 Å². The van der Waals surface area contributed by atoms with Crippen LogP contribution in [0.25, 0.3) is 0 Å². The van der Waals surface area contributed by atoms with Gasteiger partial charge in [-0.05, 0) is 38.0 Å². The van der Waals surface area contributed by atoms with Gasteiger partial charge in [0.25, 0.3) is 0 Å². The minimum absolute atomic E-state index is 0.350. The Kier molecular flexibility index (Phi) is 3.95. The van der Waals surface area contributed by atoms with Gasteiger partial charge in [-0.1, -0.05) is 26.7 Å². The van der Waals surface area contributed by atoms with Crippen LogP contribution in [0.4, 0.5) is 0 Å². The number of hydrogen-bond acceptors (Lipinski definition) is 1. The predicted octanol–water partition coefficient (Wildman–Crippen LogP) is 3.43. The first-order valence-electron chi connectivity index (χ1n) is 5.65. The van der Waals surface area contributed by atoms with E-state index in [1.165, 1.54) is 25.7 Å². The summed E-state index contributed by atoms with van der Waals surface area (Å²) in [4.78, 5) is 11.4. The highest BCUT2D eigenvalue weighted by Crippen LogP contribution is 2.35. The smallest absolute Gasteiger partial charge is 0.133 e. The summed E-state index contributed by atoms with van der Waals surface area (Å²) >= 11 is 0. The van der Waals surface area contributed by atoms with Crippen LogP contribution < -0.4 is 0 Å². The van der Waals surface area contributed by atoms with Crippen LogP contribution in [0.15, 0.2) is 0 Å². The van der Waals surface area contributed by atoms with E-state index in [4.69, 9.17) is 0 Å². The number of rotatable bonds is 3. The molecule has 76 valence electrons. The molecule has 0 saturated heterocycles. The molecular formula is C12H22O. The molecular weight excluding hydrogens is 160 g/mol. The van der Waals surface area contributed by atoms with Crippen LogP contribution >= 0.6 is 0 Å². The van der Waals surface area contributed by atoms with Crippen molar-refractivity contribution >= 4 is 5.78 Å². The Morgan fingerprint density at radius 1 is 1.46 bits per heavy atom. The Labute approximate surface area is 81.9 Å². The van der Waals surface area contributed by atoms with Crippen molar-refractivity contribution in [1.82, 2.24) is 0 Å². The summed E-state index contributed by atoms with van der Waals surface area (Å²) in [6, 6.07) is 0. The fourth-order valence-corrected chi connectivity index (χ4v) is 2.80. The molecule has 13 heavy (non-hydrogen) atoms. The first kappa shape index (κ1) is 10.7.